The van der Waals surface area contributed by atoms with Crippen molar-refractivity contribution in [2.45, 2.75) is 38.5 Å². The Morgan fingerprint density at radius 1 is 1.07 bits per heavy atom. The topological polar surface area (TPSA) is 150 Å². The number of aliphatic imine (C=N–C) groups is 1. The Morgan fingerprint density at radius 2 is 1.93 bits per heavy atom. The molecule has 6 rings (SSSR count). The molecule has 3 amide bonds. The number of piperidine rings is 1. The lowest BCUT2D eigenvalue weighted by molar-refractivity contribution is -0.117. The maximum absolute atomic E-state index is 13.2. The summed E-state index contributed by atoms with van der Waals surface area (Å²) >= 11 is 6.39. The van der Waals surface area contributed by atoms with Gasteiger partial charge in [0.1, 0.15) is 5.02 Å². The normalized spacial score (nSPS) is 18.1. The van der Waals surface area contributed by atoms with E-state index in [0.29, 0.717) is 47.7 Å². The largest absolute Gasteiger partial charge is 0.399 e. The van der Waals surface area contributed by atoms with E-state index in [4.69, 9.17) is 17.3 Å². The molecule has 1 fully saturated rings. The lowest BCUT2D eigenvalue weighted by atomic mass is 9.92. The first kappa shape index (κ1) is 28.5. The first-order valence-corrected chi connectivity index (χ1v) is 14.9. The number of urea groups is 1. The van der Waals surface area contributed by atoms with Crippen molar-refractivity contribution in [3.8, 4) is 0 Å². The maximum atomic E-state index is 13.2. The van der Waals surface area contributed by atoms with Crippen molar-refractivity contribution in [3.63, 3.8) is 0 Å². The highest BCUT2D eigenvalue weighted by molar-refractivity contribution is 6.32. The van der Waals surface area contributed by atoms with Crippen LogP contribution in [0.15, 0.2) is 65.6 Å². The number of nitrogens with zero attached hydrogens (tertiary/aromatic N) is 4. The number of nitrogens with one attached hydrogen (secondary N) is 4. The molecule has 3 aromatic rings. The average Bonchev–Trinajstić information content (AvgIpc) is 2.99. The standard InChI is InChI=1S/C31H34ClN9O2/c32-26-18-35-30-37-25-12-20(16-34-17-25)4-5-21-14-24(36-29(26)40-30)6-7-27(21)39-28(42)13-19-8-10-41(11-9-19)31(43)38-23-3-1-2-22(33)15-23/h1-3,6-7,14-20H,4-5,8-13,33H2,(H,38,43)(H,39,42)(H2,35,36,37,40). The molecule has 3 aliphatic heterocycles. The molecule has 222 valence electrons. The minimum absolute atomic E-state index is 0.0281. The second kappa shape index (κ2) is 12.7. The number of amides is 3. The minimum Gasteiger partial charge on any atom is -0.399 e. The van der Waals surface area contributed by atoms with E-state index in [1.54, 1.807) is 35.5 Å². The summed E-state index contributed by atoms with van der Waals surface area (Å²) in [5.74, 6) is 1.35. The number of fused-ring (bicyclic) bond motifs is 6. The van der Waals surface area contributed by atoms with E-state index in [-0.39, 0.29) is 23.8 Å². The number of allylic oxidation sites excluding steroid dienone is 1. The molecule has 1 atom stereocenters. The summed E-state index contributed by atoms with van der Waals surface area (Å²) in [6, 6.07) is 12.8. The van der Waals surface area contributed by atoms with Gasteiger partial charge in [0.15, 0.2) is 5.82 Å². The van der Waals surface area contributed by atoms with Crippen molar-refractivity contribution < 1.29 is 9.59 Å². The van der Waals surface area contributed by atoms with E-state index in [2.05, 4.69) is 36.2 Å². The van der Waals surface area contributed by atoms with Crippen LogP contribution in [0.5, 0.6) is 0 Å². The third-order valence-electron chi connectivity index (χ3n) is 7.97. The van der Waals surface area contributed by atoms with E-state index in [9.17, 15) is 9.59 Å². The molecule has 1 unspecified atom stereocenters. The van der Waals surface area contributed by atoms with Crippen molar-refractivity contribution >= 4 is 64.3 Å². The second-order valence-electron chi connectivity index (χ2n) is 11.2. The molecular weight excluding hydrogens is 566 g/mol. The van der Waals surface area contributed by atoms with Crippen LogP contribution in [0.3, 0.4) is 0 Å². The smallest absolute Gasteiger partial charge is 0.321 e. The van der Waals surface area contributed by atoms with Crippen molar-refractivity contribution in [2.24, 2.45) is 16.8 Å². The monoisotopic (exact) mass is 599 g/mol. The van der Waals surface area contributed by atoms with E-state index in [0.717, 1.165) is 54.7 Å². The molecule has 1 saturated heterocycles. The van der Waals surface area contributed by atoms with Crippen LogP contribution in [0.25, 0.3) is 0 Å². The van der Waals surface area contributed by atoms with Crippen LogP contribution in [0.1, 0.15) is 37.7 Å². The number of carbonyl (C=O) groups excluding carboxylic acids is 2. The van der Waals surface area contributed by atoms with Gasteiger partial charge in [-0.15, -0.1) is 0 Å². The van der Waals surface area contributed by atoms with E-state index < -0.39 is 0 Å². The molecule has 0 aliphatic carbocycles. The number of aromatic nitrogens is 2. The van der Waals surface area contributed by atoms with Crippen molar-refractivity contribution in [1.29, 1.82) is 0 Å². The van der Waals surface area contributed by atoms with Gasteiger partial charge in [0.2, 0.25) is 11.9 Å². The summed E-state index contributed by atoms with van der Waals surface area (Å²) < 4.78 is 0. The van der Waals surface area contributed by atoms with Gasteiger partial charge in [-0.3, -0.25) is 9.79 Å². The third-order valence-corrected chi connectivity index (χ3v) is 8.24. The van der Waals surface area contributed by atoms with Crippen LogP contribution in [0, 0.1) is 11.8 Å². The molecule has 12 heteroatoms. The number of aryl methyl sites for hydroxylation is 1. The molecule has 3 aliphatic rings. The number of nitrogen functional groups attached to an aromatic ring is 1. The summed E-state index contributed by atoms with van der Waals surface area (Å²) in [5, 5.41) is 13.0. The molecule has 6 bridgehead atoms. The fourth-order valence-electron chi connectivity index (χ4n) is 5.66. The van der Waals surface area contributed by atoms with Gasteiger partial charge >= 0.3 is 6.03 Å². The highest BCUT2D eigenvalue weighted by Gasteiger charge is 2.25. The van der Waals surface area contributed by atoms with Crippen molar-refractivity contribution in [3.05, 3.63) is 71.1 Å². The van der Waals surface area contributed by atoms with Crippen LogP contribution in [-0.4, -0.2) is 46.1 Å². The zero-order valence-corrected chi connectivity index (χ0v) is 24.4. The first-order chi connectivity index (χ1) is 20.9. The average molecular weight is 600 g/mol. The van der Waals surface area contributed by atoms with Gasteiger partial charge in [0.25, 0.3) is 0 Å². The van der Waals surface area contributed by atoms with Crippen molar-refractivity contribution in [2.75, 3.05) is 40.1 Å². The Morgan fingerprint density at radius 3 is 2.77 bits per heavy atom. The quantitative estimate of drug-likeness (QED) is 0.230. The predicted octanol–water partition coefficient (Wildman–Crippen LogP) is 6.02. The first-order valence-electron chi connectivity index (χ1n) is 14.5. The van der Waals surface area contributed by atoms with Gasteiger partial charge in [0.05, 0.1) is 6.20 Å². The van der Waals surface area contributed by atoms with Gasteiger partial charge in [-0.2, -0.15) is 4.98 Å². The number of likely N-dealkylation sites (tertiary alicyclic amines) is 1. The molecule has 1 aromatic heterocycles. The molecule has 11 nitrogen and oxygen atoms in total. The highest BCUT2D eigenvalue weighted by Crippen LogP contribution is 2.31. The SMILES string of the molecule is Nc1cccc(NC(=O)N2CCC(CC(=O)Nc3ccc4cc3CCC3C=NC=C(C3)Nc3ncc(Cl)c(n3)N4)CC2)c1. The summed E-state index contributed by atoms with van der Waals surface area (Å²) in [5.41, 5.74) is 10.7. The molecule has 6 N–H and O–H groups in total. The number of carbonyl (C=O) groups is 2. The zero-order chi connectivity index (χ0) is 29.8. The number of anilines is 6. The molecule has 43 heavy (non-hydrogen) atoms. The van der Waals surface area contributed by atoms with Crippen LogP contribution in [0.4, 0.5) is 39.3 Å². The summed E-state index contributed by atoms with van der Waals surface area (Å²) in [6.45, 7) is 1.19. The van der Waals surface area contributed by atoms with Crippen molar-refractivity contribution in [1.82, 2.24) is 14.9 Å². The fourth-order valence-corrected chi connectivity index (χ4v) is 5.80. The van der Waals surface area contributed by atoms with E-state index in [1.165, 1.54) is 0 Å². The summed E-state index contributed by atoms with van der Waals surface area (Å²) in [7, 11) is 0. The molecular formula is C31H34ClN9O2. The van der Waals surface area contributed by atoms with E-state index in [1.807, 2.05) is 30.5 Å². The third kappa shape index (κ3) is 7.23. The molecule has 4 heterocycles. The van der Waals surface area contributed by atoms with Gasteiger partial charge < -0.3 is 31.9 Å². The van der Waals surface area contributed by atoms with Crippen LogP contribution in [-0.2, 0) is 11.2 Å². The molecule has 2 aromatic carbocycles. The van der Waals surface area contributed by atoms with Gasteiger partial charge in [-0.1, -0.05) is 17.7 Å². The predicted molar refractivity (Wildman–Crippen MR) is 171 cm³/mol. The molecule has 0 radical (unpaired) electrons. The van der Waals surface area contributed by atoms with Crippen LogP contribution in [0.2, 0.25) is 5.02 Å². The zero-order valence-electron chi connectivity index (χ0n) is 23.6. The lowest BCUT2D eigenvalue weighted by Crippen LogP contribution is -2.41. The summed E-state index contributed by atoms with van der Waals surface area (Å²) in [4.78, 5) is 41.0. The lowest BCUT2D eigenvalue weighted by Gasteiger charge is -2.31. The number of nitrogens with two attached hydrogens (primary N) is 1. The minimum atomic E-state index is -0.150. The van der Waals surface area contributed by atoms with Gasteiger partial charge in [-0.05, 0) is 80.0 Å². The van der Waals surface area contributed by atoms with E-state index >= 15 is 0 Å². The number of halogens is 1. The number of hydrogen-bond acceptors (Lipinski definition) is 8. The Kier molecular flexibility index (Phi) is 8.41. The van der Waals surface area contributed by atoms with Crippen LogP contribution >= 0.6 is 11.6 Å². The fraction of sp³-hybridized carbons (Fsp3) is 0.323. The summed E-state index contributed by atoms with van der Waals surface area (Å²) in [6.07, 6.45) is 9.67. The number of benzene rings is 2. The molecule has 0 spiro atoms. The second-order valence-corrected chi connectivity index (χ2v) is 11.6. The Hall–Kier alpha value is -4.64. The Bertz CT molecular complexity index is 1580. The Balaban J connectivity index is 1.09. The number of hydrogen-bond donors (Lipinski definition) is 5. The van der Waals surface area contributed by atoms with Crippen LogP contribution < -0.4 is 27.0 Å². The van der Waals surface area contributed by atoms with Gasteiger partial charge in [0, 0.05) is 66.3 Å². The number of rotatable bonds is 4. The highest BCUT2D eigenvalue weighted by atomic mass is 35.5. The maximum Gasteiger partial charge on any atom is 0.321 e. The van der Waals surface area contributed by atoms with Gasteiger partial charge in [-0.25, -0.2) is 9.78 Å². The Labute approximate surface area is 255 Å². The molecule has 0 saturated carbocycles.